The molecule has 0 aromatic carbocycles. The lowest BCUT2D eigenvalue weighted by atomic mass is 10.2. The van der Waals surface area contributed by atoms with Crippen LogP contribution in [0.25, 0.3) is 0 Å². The van der Waals surface area contributed by atoms with E-state index >= 15 is 0 Å². The maximum atomic E-state index is 12.3. The lowest BCUT2D eigenvalue weighted by molar-refractivity contribution is -0.135. The standard InChI is InChI=1S/C12H17N3O2S/c1-3-9-12(17)15(6-4-10(16)14-9)8(2)11-13-5-7-18-11/h5,7-9H,3-4,6H2,1-2H3,(H,14,16). The van der Waals surface area contributed by atoms with Gasteiger partial charge in [0.2, 0.25) is 11.8 Å². The number of thiazole rings is 1. The molecule has 1 aliphatic heterocycles. The lowest BCUT2D eigenvalue weighted by Gasteiger charge is -2.28. The largest absolute Gasteiger partial charge is 0.344 e. The summed E-state index contributed by atoms with van der Waals surface area (Å²) >= 11 is 1.53. The van der Waals surface area contributed by atoms with Gasteiger partial charge in [-0.1, -0.05) is 6.92 Å². The molecule has 0 bridgehead atoms. The second kappa shape index (κ2) is 5.48. The van der Waals surface area contributed by atoms with Crippen molar-refractivity contribution in [3.05, 3.63) is 16.6 Å². The van der Waals surface area contributed by atoms with Gasteiger partial charge in [0.1, 0.15) is 11.0 Å². The predicted octanol–water partition coefficient (Wildman–Crippen LogP) is 1.33. The number of amides is 2. The predicted molar refractivity (Wildman–Crippen MR) is 69.1 cm³/mol. The average Bonchev–Trinajstić information content (AvgIpc) is 2.84. The molecule has 0 spiro atoms. The Bertz CT molecular complexity index is 433. The summed E-state index contributed by atoms with van der Waals surface area (Å²) in [5, 5.41) is 5.57. The number of aromatic nitrogens is 1. The Hall–Kier alpha value is -1.43. The molecule has 98 valence electrons. The average molecular weight is 267 g/mol. The number of carbonyl (C=O) groups excluding carboxylic acids is 2. The van der Waals surface area contributed by atoms with Crippen LogP contribution in [0, 0.1) is 0 Å². The van der Waals surface area contributed by atoms with Crippen molar-refractivity contribution in [2.45, 2.75) is 38.8 Å². The summed E-state index contributed by atoms with van der Waals surface area (Å²) < 4.78 is 0. The van der Waals surface area contributed by atoms with Gasteiger partial charge in [-0.25, -0.2) is 4.98 Å². The molecule has 1 fully saturated rings. The molecule has 2 rings (SSSR count). The van der Waals surface area contributed by atoms with E-state index in [1.54, 1.807) is 11.1 Å². The fourth-order valence-corrected chi connectivity index (χ4v) is 2.80. The van der Waals surface area contributed by atoms with E-state index in [-0.39, 0.29) is 17.9 Å². The summed E-state index contributed by atoms with van der Waals surface area (Å²) in [6.45, 7) is 4.32. The molecule has 0 aliphatic carbocycles. The van der Waals surface area contributed by atoms with E-state index in [4.69, 9.17) is 0 Å². The third-order valence-electron chi connectivity index (χ3n) is 3.18. The Labute approximate surface area is 110 Å². The molecule has 1 aliphatic rings. The van der Waals surface area contributed by atoms with Gasteiger partial charge in [-0.2, -0.15) is 0 Å². The SMILES string of the molecule is CCC1NC(=O)CCN(C(C)c2nccs2)C1=O. The molecule has 1 aromatic rings. The number of nitrogens with one attached hydrogen (secondary N) is 1. The molecule has 5 nitrogen and oxygen atoms in total. The second-order valence-corrected chi connectivity index (χ2v) is 5.28. The number of hydrogen-bond donors (Lipinski definition) is 1. The van der Waals surface area contributed by atoms with Crippen LogP contribution in [0.3, 0.4) is 0 Å². The van der Waals surface area contributed by atoms with E-state index in [1.807, 2.05) is 19.2 Å². The van der Waals surface area contributed by atoms with Crippen LogP contribution in [0.5, 0.6) is 0 Å². The number of rotatable bonds is 3. The smallest absolute Gasteiger partial charge is 0.245 e. The van der Waals surface area contributed by atoms with Crippen molar-refractivity contribution in [2.24, 2.45) is 0 Å². The Balaban J connectivity index is 2.20. The fourth-order valence-electron chi connectivity index (χ4n) is 2.10. The molecule has 2 atom stereocenters. The topological polar surface area (TPSA) is 62.3 Å². The molecule has 0 saturated carbocycles. The quantitative estimate of drug-likeness (QED) is 0.898. The molecule has 18 heavy (non-hydrogen) atoms. The highest BCUT2D eigenvalue weighted by Gasteiger charge is 2.32. The third kappa shape index (κ3) is 2.53. The van der Waals surface area contributed by atoms with Crippen molar-refractivity contribution in [2.75, 3.05) is 6.54 Å². The Morgan fingerprint density at radius 1 is 1.61 bits per heavy atom. The Kier molecular flexibility index (Phi) is 3.96. The van der Waals surface area contributed by atoms with Gasteiger partial charge in [0, 0.05) is 24.5 Å². The maximum absolute atomic E-state index is 12.3. The minimum absolute atomic E-state index is 0.00829. The maximum Gasteiger partial charge on any atom is 0.245 e. The van der Waals surface area contributed by atoms with E-state index in [2.05, 4.69) is 10.3 Å². The van der Waals surface area contributed by atoms with Crippen LogP contribution < -0.4 is 5.32 Å². The van der Waals surface area contributed by atoms with E-state index in [0.717, 1.165) is 5.01 Å². The highest BCUT2D eigenvalue weighted by Crippen LogP contribution is 2.24. The van der Waals surface area contributed by atoms with Gasteiger partial charge in [0.25, 0.3) is 0 Å². The summed E-state index contributed by atoms with van der Waals surface area (Å²) in [5.74, 6) is -0.0601. The summed E-state index contributed by atoms with van der Waals surface area (Å²) in [4.78, 5) is 29.9. The van der Waals surface area contributed by atoms with Crippen LogP contribution in [-0.2, 0) is 9.59 Å². The van der Waals surface area contributed by atoms with E-state index in [1.165, 1.54) is 11.3 Å². The zero-order valence-electron chi connectivity index (χ0n) is 10.5. The molecular weight excluding hydrogens is 250 g/mol. The summed E-state index contributed by atoms with van der Waals surface area (Å²) in [5.41, 5.74) is 0. The van der Waals surface area contributed by atoms with Crippen LogP contribution in [0.2, 0.25) is 0 Å². The van der Waals surface area contributed by atoms with Crippen molar-refractivity contribution in [1.29, 1.82) is 0 Å². The third-order valence-corrected chi connectivity index (χ3v) is 4.13. The van der Waals surface area contributed by atoms with Crippen molar-refractivity contribution in [3.63, 3.8) is 0 Å². The first-order chi connectivity index (χ1) is 8.63. The van der Waals surface area contributed by atoms with Crippen LogP contribution >= 0.6 is 11.3 Å². The van der Waals surface area contributed by atoms with E-state index in [0.29, 0.717) is 19.4 Å². The minimum atomic E-state index is -0.401. The zero-order valence-corrected chi connectivity index (χ0v) is 11.4. The number of nitrogens with zero attached hydrogens (tertiary/aromatic N) is 2. The number of hydrogen-bond acceptors (Lipinski definition) is 4. The summed E-state index contributed by atoms with van der Waals surface area (Å²) in [6.07, 6.45) is 2.71. The van der Waals surface area contributed by atoms with Crippen LogP contribution in [0.15, 0.2) is 11.6 Å². The molecule has 1 N–H and O–H groups in total. The van der Waals surface area contributed by atoms with Crippen molar-refractivity contribution in [1.82, 2.24) is 15.2 Å². The Morgan fingerprint density at radius 3 is 3.00 bits per heavy atom. The van der Waals surface area contributed by atoms with Gasteiger partial charge in [-0.15, -0.1) is 11.3 Å². The number of carbonyl (C=O) groups is 2. The van der Waals surface area contributed by atoms with Gasteiger partial charge < -0.3 is 10.2 Å². The second-order valence-electron chi connectivity index (χ2n) is 4.36. The molecule has 2 heterocycles. The molecule has 0 radical (unpaired) electrons. The highest BCUT2D eigenvalue weighted by atomic mass is 32.1. The van der Waals surface area contributed by atoms with Gasteiger partial charge >= 0.3 is 0 Å². The molecule has 1 aromatic heterocycles. The van der Waals surface area contributed by atoms with Gasteiger partial charge in [-0.05, 0) is 13.3 Å². The lowest BCUT2D eigenvalue weighted by Crippen LogP contribution is -2.45. The zero-order chi connectivity index (χ0) is 13.1. The highest BCUT2D eigenvalue weighted by molar-refractivity contribution is 7.09. The summed E-state index contributed by atoms with van der Waals surface area (Å²) in [6, 6.07) is -0.471. The van der Waals surface area contributed by atoms with Crippen molar-refractivity contribution in [3.8, 4) is 0 Å². The van der Waals surface area contributed by atoms with Gasteiger partial charge in [-0.3, -0.25) is 9.59 Å². The van der Waals surface area contributed by atoms with Crippen molar-refractivity contribution >= 4 is 23.2 Å². The minimum Gasteiger partial charge on any atom is -0.344 e. The first kappa shape index (κ1) is 13.0. The normalized spacial score (nSPS) is 22.6. The fraction of sp³-hybridized carbons (Fsp3) is 0.583. The van der Waals surface area contributed by atoms with E-state index in [9.17, 15) is 9.59 Å². The van der Waals surface area contributed by atoms with Crippen LogP contribution in [0.4, 0.5) is 0 Å². The molecule has 2 amide bonds. The van der Waals surface area contributed by atoms with Gasteiger partial charge in [0.05, 0.1) is 6.04 Å². The molecule has 6 heteroatoms. The van der Waals surface area contributed by atoms with E-state index < -0.39 is 6.04 Å². The molecular formula is C12H17N3O2S. The summed E-state index contributed by atoms with van der Waals surface area (Å²) in [7, 11) is 0. The first-order valence-corrected chi connectivity index (χ1v) is 7.00. The van der Waals surface area contributed by atoms with Crippen LogP contribution in [0.1, 0.15) is 37.7 Å². The Morgan fingerprint density at radius 2 is 2.39 bits per heavy atom. The van der Waals surface area contributed by atoms with Crippen LogP contribution in [-0.4, -0.2) is 34.3 Å². The van der Waals surface area contributed by atoms with Gasteiger partial charge in [0.15, 0.2) is 0 Å². The first-order valence-electron chi connectivity index (χ1n) is 6.12. The van der Waals surface area contributed by atoms with Crippen molar-refractivity contribution < 1.29 is 9.59 Å². The molecule has 2 unspecified atom stereocenters. The molecule has 1 saturated heterocycles. The monoisotopic (exact) mass is 267 g/mol.